The number of carbonyl (C=O) groups is 2. The van der Waals surface area contributed by atoms with E-state index in [1.54, 1.807) is 6.07 Å². The number of amides is 2. The number of hydrogen-bond donors (Lipinski definition) is 0. The quantitative estimate of drug-likeness (QED) is 0.557. The standard InChI is InChI=1S/C24H19ClN2O2S/c25-19-9-4-3-8-18(19)15-27-23(28)21(20-10-5-13-30-20)22(24(27)29)26-12-11-16-6-1-2-7-17(16)14-26/h1-10,13H,11-12,14-15H2. The molecule has 0 radical (unpaired) electrons. The van der Waals surface area contributed by atoms with Crippen molar-refractivity contribution in [3.8, 4) is 0 Å². The van der Waals surface area contributed by atoms with Crippen molar-refractivity contribution >= 4 is 40.3 Å². The summed E-state index contributed by atoms with van der Waals surface area (Å²) in [5.74, 6) is -0.501. The molecule has 150 valence electrons. The van der Waals surface area contributed by atoms with Gasteiger partial charge in [0.2, 0.25) is 0 Å². The molecule has 3 aromatic rings. The Morgan fingerprint density at radius 3 is 2.43 bits per heavy atom. The highest BCUT2D eigenvalue weighted by Crippen LogP contribution is 2.37. The molecule has 3 heterocycles. The van der Waals surface area contributed by atoms with Crippen molar-refractivity contribution in [3.05, 3.63) is 98.3 Å². The second-order valence-corrected chi connectivity index (χ2v) is 8.78. The average Bonchev–Trinajstić information content (AvgIpc) is 3.37. The average molecular weight is 435 g/mol. The fourth-order valence-electron chi connectivity index (χ4n) is 4.13. The van der Waals surface area contributed by atoms with Crippen molar-refractivity contribution in [1.29, 1.82) is 0 Å². The first-order valence-corrected chi connectivity index (χ1v) is 11.1. The molecule has 2 aliphatic rings. The van der Waals surface area contributed by atoms with Crippen LogP contribution in [0.15, 0.2) is 71.7 Å². The van der Waals surface area contributed by atoms with E-state index in [1.165, 1.54) is 27.4 Å². The van der Waals surface area contributed by atoms with Crippen molar-refractivity contribution in [3.63, 3.8) is 0 Å². The van der Waals surface area contributed by atoms with E-state index in [0.717, 1.165) is 16.9 Å². The van der Waals surface area contributed by atoms with Gasteiger partial charge in [-0.25, -0.2) is 0 Å². The third kappa shape index (κ3) is 3.24. The van der Waals surface area contributed by atoms with Crippen LogP contribution >= 0.6 is 22.9 Å². The highest BCUT2D eigenvalue weighted by atomic mass is 35.5. The largest absolute Gasteiger partial charge is 0.362 e. The summed E-state index contributed by atoms with van der Waals surface area (Å²) >= 11 is 7.78. The van der Waals surface area contributed by atoms with Gasteiger partial charge in [-0.15, -0.1) is 11.3 Å². The van der Waals surface area contributed by atoms with E-state index in [2.05, 4.69) is 17.0 Å². The molecule has 0 spiro atoms. The summed E-state index contributed by atoms with van der Waals surface area (Å²) in [5.41, 5.74) is 4.27. The van der Waals surface area contributed by atoms with Crippen molar-refractivity contribution in [2.45, 2.75) is 19.5 Å². The van der Waals surface area contributed by atoms with Crippen molar-refractivity contribution in [2.24, 2.45) is 0 Å². The summed E-state index contributed by atoms with van der Waals surface area (Å²) in [4.78, 5) is 31.1. The molecule has 0 atom stereocenters. The maximum absolute atomic E-state index is 13.5. The zero-order valence-corrected chi connectivity index (χ0v) is 17.7. The number of fused-ring (bicyclic) bond motifs is 1. The molecule has 0 saturated heterocycles. The highest BCUT2D eigenvalue weighted by molar-refractivity contribution is 7.11. The summed E-state index contributed by atoms with van der Waals surface area (Å²) in [6.07, 6.45) is 0.851. The van der Waals surface area contributed by atoms with E-state index >= 15 is 0 Å². The van der Waals surface area contributed by atoms with E-state index in [-0.39, 0.29) is 18.4 Å². The topological polar surface area (TPSA) is 40.6 Å². The molecule has 0 saturated carbocycles. The molecule has 0 aliphatic carbocycles. The van der Waals surface area contributed by atoms with Crippen LogP contribution in [0.3, 0.4) is 0 Å². The Morgan fingerprint density at radius 1 is 0.900 bits per heavy atom. The fourth-order valence-corrected chi connectivity index (χ4v) is 5.08. The van der Waals surface area contributed by atoms with Gasteiger partial charge >= 0.3 is 0 Å². The Morgan fingerprint density at radius 2 is 1.67 bits per heavy atom. The second kappa shape index (κ2) is 7.74. The van der Waals surface area contributed by atoms with Gasteiger partial charge in [0, 0.05) is 23.0 Å². The van der Waals surface area contributed by atoms with E-state index in [1.807, 2.05) is 47.8 Å². The number of halogens is 1. The number of hydrogen-bond acceptors (Lipinski definition) is 4. The lowest BCUT2D eigenvalue weighted by atomic mass is 9.99. The third-order valence-electron chi connectivity index (χ3n) is 5.64. The zero-order valence-electron chi connectivity index (χ0n) is 16.2. The minimum absolute atomic E-state index is 0.167. The Bertz CT molecular complexity index is 1170. The predicted octanol–water partition coefficient (Wildman–Crippen LogP) is 4.74. The smallest absolute Gasteiger partial charge is 0.278 e. The number of carbonyl (C=O) groups excluding carboxylic acids is 2. The maximum Gasteiger partial charge on any atom is 0.278 e. The minimum atomic E-state index is -0.253. The van der Waals surface area contributed by atoms with Crippen molar-refractivity contribution in [2.75, 3.05) is 6.54 Å². The lowest BCUT2D eigenvalue weighted by molar-refractivity contribution is -0.138. The van der Waals surface area contributed by atoms with Gasteiger partial charge < -0.3 is 4.90 Å². The van der Waals surface area contributed by atoms with E-state index in [4.69, 9.17) is 11.6 Å². The van der Waals surface area contributed by atoms with Gasteiger partial charge in [0.05, 0.1) is 12.1 Å². The minimum Gasteiger partial charge on any atom is -0.362 e. The van der Waals surface area contributed by atoms with E-state index in [9.17, 15) is 9.59 Å². The molecule has 2 aromatic carbocycles. The Hall–Kier alpha value is -2.89. The van der Waals surface area contributed by atoms with Crippen molar-refractivity contribution in [1.82, 2.24) is 9.80 Å². The van der Waals surface area contributed by atoms with Crippen LogP contribution in [0.1, 0.15) is 21.6 Å². The third-order valence-corrected chi connectivity index (χ3v) is 6.90. The molecule has 1 aromatic heterocycles. The number of nitrogens with zero attached hydrogens (tertiary/aromatic N) is 2. The number of thiophene rings is 1. The monoisotopic (exact) mass is 434 g/mol. The summed E-state index contributed by atoms with van der Waals surface area (Å²) in [6, 6.07) is 19.4. The number of rotatable bonds is 4. The lowest BCUT2D eigenvalue weighted by Crippen LogP contribution is -2.37. The molecule has 2 aliphatic heterocycles. The van der Waals surface area contributed by atoms with Crippen LogP contribution in [0.4, 0.5) is 0 Å². The first kappa shape index (κ1) is 19.1. The first-order chi connectivity index (χ1) is 14.6. The van der Waals surface area contributed by atoms with Gasteiger partial charge in [-0.1, -0.05) is 60.1 Å². The summed E-state index contributed by atoms with van der Waals surface area (Å²) in [7, 11) is 0. The summed E-state index contributed by atoms with van der Waals surface area (Å²) < 4.78 is 0. The SMILES string of the molecule is O=C1C(c2cccs2)=C(N2CCc3ccccc3C2)C(=O)N1Cc1ccccc1Cl. The molecule has 30 heavy (non-hydrogen) atoms. The summed E-state index contributed by atoms with van der Waals surface area (Å²) in [5, 5.41) is 2.48. The molecule has 0 fully saturated rings. The van der Waals surface area contributed by atoms with Gasteiger partial charge in [-0.3, -0.25) is 14.5 Å². The van der Waals surface area contributed by atoms with Gasteiger partial charge in [-0.05, 0) is 40.6 Å². The normalized spacial score (nSPS) is 16.4. The van der Waals surface area contributed by atoms with Crippen LogP contribution in [0.25, 0.3) is 5.57 Å². The van der Waals surface area contributed by atoms with Crippen LogP contribution in [0, 0.1) is 0 Å². The molecular formula is C24H19ClN2O2S. The Kier molecular flexibility index (Phi) is 4.93. The van der Waals surface area contributed by atoms with Gasteiger partial charge in [0.1, 0.15) is 5.70 Å². The summed E-state index contributed by atoms with van der Waals surface area (Å²) in [6.45, 7) is 1.50. The van der Waals surface area contributed by atoms with Crippen LogP contribution in [-0.2, 0) is 29.1 Å². The molecule has 0 N–H and O–H groups in total. The molecular weight excluding hydrogens is 416 g/mol. The van der Waals surface area contributed by atoms with Crippen molar-refractivity contribution < 1.29 is 9.59 Å². The fraction of sp³-hybridized carbons (Fsp3) is 0.167. The molecule has 5 rings (SSSR count). The number of imide groups is 1. The molecule has 6 heteroatoms. The first-order valence-electron chi connectivity index (χ1n) is 9.83. The van der Waals surface area contributed by atoms with E-state index < -0.39 is 0 Å². The van der Waals surface area contributed by atoms with Crippen LogP contribution in [-0.4, -0.2) is 28.2 Å². The zero-order chi connectivity index (χ0) is 20.7. The van der Waals surface area contributed by atoms with Crippen LogP contribution in [0.5, 0.6) is 0 Å². The molecule has 0 bridgehead atoms. The van der Waals surface area contributed by atoms with Gasteiger partial charge in [-0.2, -0.15) is 0 Å². The predicted molar refractivity (Wildman–Crippen MR) is 119 cm³/mol. The molecule has 4 nitrogen and oxygen atoms in total. The van der Waals surface area contributed by atoms with Crippen LogP contribution in [0.2, 0.25) is 5.02 Å². The second-order valence-electron chi connectivity index (χ2n) is 7.43. The maximum atomic E-state index is 13.5. The highest BCUT2D eigenvalue weighted by Gasteiger charge is 2.42. The van der Waals surface area contributed by atoms with Gasteiger partial charge in [0.25, 0.3) is 11.8 Å². The van der Waals surface area contributed by atoms with Crippen LogP contribution < -0.4 is 0 Å². The van der Waals surface area contributed by atoms with Gasteiger partial charge in [0.15, 0.2) is 0 Å². The lowest BCUT2D eigenvalue weighted by Gasteiger charge is -2.31. The Labute approximate surface area is 184 Å². The van der Waals surface area contributed by atoms with E-state index in [0.29, 0.717) is 29.4 Å². The Balaban J connectivity index is 1.54. The number of benzene rings is 2. The molecule has 0 unspecified atom stereocenters. The molecule has 2 amide bonds.